The molecule has 0 aromatic heterocycles. The van der Waals surface area contributed by atoms with Gasteiger partial charge in [0.15, 0.2) is 5.92 Å². The highest BCUT2D eigenvalue weighted by Crippen LogP contribution is 2.23. The Kier molecular flexibility index (Phi) is 4.88. The molecule has 2 heterocycles. The van der Waals surface area contributed by atoms with Crippen molar-refractivity contribution in [2.45, 2.75) is 19.9 Å². The van der Waals surface area contributed by atoms with Crippen LogP contribution >= 0.6 is 0 Å². The number of hydrogen-bond donors (Lipinski definition) is 1. The molecule has 0 radical (unpaired) electrons. The van der Waals surface area contributed by atoms with Gasteiger partial charge in [-0.2, -0.15) is 4.90 Å². The predicted molar refractivity (Wildman–Crippen MR) is 97.9 cm³/mol. The Morgan fingerprint density at radius 1 is 1.15 bits per heavy atom. The Hall–Kier alpha value is -2.96. The fourth-order valence-electron chi connectivity index (χ4n) is 3.16. The van der Waals surface area contributed by atoms with E-state index >= 15 is 0 Å². The number of imide groups is 1. The molecule has 2 aliphatic heterocycles. The summed E-state index contributed by atoms with van der Waals surface area (Å²) in [6.45, 7) is 2.47. The molecule has 0 bridgehead atoms. The van der Waals surface area contributed by atoms with Crippen molar-refractivity contribution in [3.8, 4) is 5.75 Å². The molecule has 0 saturated carbocycles. The smallest absolute Gasteiger partial charge is 0.417 e. The van der Waals surface area contributed by atoms with Crippen LogP contribution in [0.25, 0.3) is 0 Å². The number of ether oxygens (including phenoxy) is 1. The third-order valence-electron chi connectivity index (χ3n) is 4.75. The highest BCUT2D eigenvalue weighted by molar-refractivity contribution is 6.31. The minimum atomic E-state index is -0.583. The first-order valence-corrected chi connectivity index (χ1v) is 8.53. The topological polar surface area (TPSA) is 76.2 Å². The maximum Gasteiger partial charge on any atom is 0.417 e. The number of hydrogen-bond acceptors (Lipinski definition) is 4. The van der Waals surface area contributed by atoms with Gasteiger partial charge in [-0.05, 0) is 24.1 Å². The van der Waals surface area contributed by atoms with E-state index in [1.807, 2.05) is 37.4 Å². The number of carbonyl (C=O) groups excluding carboxylic acids is 2. The largest absolute Gasteiger partial charge is 0.497 e. The molecular weight excluding hydrogens is 332 g/mol. The van der Waals surface area contributed by atoms with Gasteiger partial charge in [-0.15, -0.1) is 0 Å². The summed E-state index contributed by atoms with van der Waals surface area (Å²) in [4.78, 5) is 35.4. The second kappa shape index (κ2) is 7.11. The normalized spacial score (nSPS) is 21.5. The van der Waals surface area contributed by atoms with Crippen LogP contribution in [-0.4, -0.2) is 54.5 Å². The van der Waals surface area contributed by atoms with Gasteiger partial charge in [-0.1, -0.05) is 19.1 Å². The summed E-state index contributed by atoms with van der Waals surface area (Å²) >= 11 is 0. The lowest BCUT2D eigenvalue weighted by Gasteiger charge is -2.32. The lowest BCUT2D eigenvalue weighted by atomic mass is 9.89. The van der Waals surface area contributed by atoms with Gasteiger partial charge < -0.3 is 4.74 Å². The fourth-order valence-corrected chi connectivity index (χ4v) is 3.16. The zero-order valence-electron chi connectivity index (χ0n) is 15.4. The Morgan fingerprint density at radius 3 is 2.46 bits per heavy atom. The van der Waals surface area contributed by atoms with Crippen molar-refractivity contribution in [3.63, 3.8) is 0 Å². The van der Waals surface area contributed by atoms with E-state index in [1.54, 1.807) is 14.2 Å². The average molecular weight is 355 g/mol. The number of nitrogens with zero attached hydrogens (tertiary/aromatic N) is 3. The molecule has 26 heavy (non-hydrogen) atoms. The number of carbonyl (C=O) groups is 2. The number of nitrogens with one attached hydrogen (secondary N) is 1. The third kappa shape index (κ3) is 3.00. The van der Waals surface area contributed by atoms with Crippen molar-refractivity contribution in [2.24, 2.45) is 10.9 Å². The van der Waals surface area contributed by atoms with E-state index < -0.39 is 5.92 Å². The van der Waals surface area contributed by atoms with Crippen LogP contribution in [0, 0.1) is 5.92 Å². The van der Waals surface area contributed by atoms with E-state index in [9.17, 15) is 9.59 Å². The molecular formula is C19H23N4O3+. The van der Waals surface area contributed by atoms with Crippen molar-refractivity contribution < 1.29 is 19.3 Å². The number of urea groups is 1. The van der Waals surface area contributed by atoms with Crippen LogP contribution in [-0.2, 0) is 11.3 Å². The number of fused-ring (bicyclic) bond motifs is 1. The first-order chi connectivity index (χ1) is 12.5. The highest BCUT2D eigenvalue weighted by atomic mass is 16.5. The number of methoxy groups -OCH3 is 1. The van der Waals surface area contributed by atoms with Gasteiger partial charge in [-0.25, -0.2) is 14.7 Å². The molecule has 1 atom stereocenters. The molecule has 7 heteroatoms. The molecule has 1 aromatic carbocycles. The number of aliphatic imine (C=N–C) groups is 1. The van der Waals surface area contributed by atoms with Gasteiger partial charge in [0.1, 0.15) is 5.75 Å². The van der Waals surface area contributed by atoms with E-state index in [1.165, 1.54) is 11.9 Å². The summed E-state index contributed by atoms with van der Waals surface area (Å²) in [5.41, 5.74) is 2.71. The van der Waals surface area contributed by atoms with Crippen molar-refractivity contribution in [3.05, 3.63) is 41.6 Å². The second-order valence-corrected chi connectivity index (χ2v) is 6.27. The van der Waals surface area contributed by atoms with Gasteiger partial charge in [0.25, 0.3) is 11.7 Å². The van der Waals surface area contributed by atoms with E-state index in [4.69, 9.17) is 9.73 Å². The predicted octanol–water partition coefficient (Wildman–Crippen LogP) is 0.563. The highest BCUT2D eigenvalue weighted by Gasteiger charge is 2.50. The maximum absolute atomic E-state index is 12.8. The van der Waals surface area contributed by atoms with Crippen LogP contribution in [0.1, 0.15) is 18.9 Å². The number of amidine groups is 1. The Labute approximate surface area is 152 Å². The van der Waals surface area contributed by atoms with Crippen LogP contribution < -0.4 is 9.73 Å². The quantitative estimate of drug-likeness (QED) is 0.858. The van der Waals surface area contributed by atoms with Crippen LogP contribution in [0.2, 0.25) is 0 Å². The minimum Gasteiger partial charge on any atom is -0.497 e. The zero-order valence-corrected chi connectivity index (χ0v) is 15.4. The van der Waals surface area contributed by atoms with Crippen LogP contribution in [0.5, 0.6) is 5.75 Å². The number of amides is 3. The second-order valence-electron chi connectivity index (χ2n) is 6.27. The SMILES string of the molecule is CCC1=C[NH+]=C2C(C(=O)N(C)C(=O)N2C)C1=NCc1ccc(OC)cc1. The molecule has 1 N–H and O–H groups in total. The van der Waals surface area contributed by atoms with Gasteiger partial charge in [0.2, 0.25) is 0 Å². The molecule has 0 spiro atoms. The summed E-state index contributed by atoms with van der Waals surface area (Å²) in [7, 11) is 4.79. The van der Waals surface area contributed by atoms with E-state index in [2.05, 4.69) is 4.99 Å². The molecule has 3 amide bonds. The van der Waals surface area contributed by atoms with Crippen molar-refractivity contribution in [2.75, 3.05) is 21.2 Å². The monoisotopic (exact) mass is 355 g/mol. The van der Waals surface area contributed by atoms with E-state index in [0.717, 1.165) is 28.2 Å². The molecule has 1 fully saturated rings. The molecule has 3 rings (SSSR count). The summed E-state index contributed by atoms with van der Waals surface area (Å²) in [5.74, 6) is 0.505. The number of rotatable bonds is 4. The summed E-state index contributed by atoms with van der Waals surface area (Å²) in [6.07, 6.45) is 2.58. The fraction of sp³-hybridized carbons (Fsp3) is 0.368. The molecule has 136 valence electrons. The lowest BCUT2D eigenvalue weighted by Crippen LogP contribution is -2.80. The minimum absolute atomic E-state index is 0.261. The Morgan fingerprint density at radius 2 is 1.85 bits per heavy atom. The van der Waals surface area contributed by atoms with Crippen LogP contribution in [0.4, 0.5) is 4.79 Å². The Balaban J connectivity index is 1.95. The van der Waals surface area contributed by atoms with E-state index in [-0.39, 0.29) is 11.9 Å². The average Bonchev–Trinajstić information content (AvgIpc) is 2.68. The number of benzene rings is 1. The standard InChI is InChI=1S/C19H22N4O3/c1-5-13-11-21-17-15(18(24)23(3)19(25)22(17)2)16(13)20-10-12-6-8-14(26-4)9-7-12/h6-9,11,15H,5,10H2,1-4H3/p+1. The van der Waals surface area contributed by atoms with Crippen molar-refractivity contribution in [1.29, 1.82) is 0 Å². The molecule has 1 saturated heterocycles. The van der Waals surface area contributed by atoms with Gasteiger partial charge in [0, 0.05) is 12.6 Å². The van der Waals surface area contributed by atoms with Crippen molar-refractivity contribution in [1.82, 2.24) is 9.80 Å². The van der Waals surface area contributed by atoms with Crippen LogP contribution in [0.15, 0.2) is 41.0 Å². The molecule has 1 aromatic rings. The first-order valence-electron chi connectivity index (χ1n) is 8.53. The number of allylic oxidation sites excluding steroid dienone is 1. The molecule has 1 unspecified atom stereocenters. The summed E-state index contributed by atoms with van der Waals surface area (Å²) < 4.78 is 5.17. The molecule has 2 aliphatic rings. The third-order valence-corrected chi connectivity index (χ3v) is 4.75. The van der Waals surface area contributed by atoms with Crippen LogP contribution in [0.3, 0.4) is 0 Å². The summed E-state index contributed by atoms with van der Waals surface area (Å²) in [5, 5.41) is 0. The molecule has 0 aliphatic carbocycles. The Bertz CT molecular complexity index is 824. The van der Waals surface area contributed by atoms with Gasteiger partial charge >= 0.3 is 6.03 Å². The zero-order chi connectivity index (χ0) is 18.8. The van der Waals surface area contributed by atoms with E-state index in [0.29, 0.717) is 18.1 Å². The van der Waals surface area contributed by atoms with Crippen molar-refractivity contribution >= 4 is 23.5 Å². The van der Waals surface area contributed by atoms with Gasteiger partial charge in [-0.3, -0.25) is 9.79 Å². The van der Waals surface area contributed by atoms with Gasteiger partial charge in [0.05, 0.1) is 32.6 Å². The lowest BCUT2D eigenvalue weighted by molar-refractivity contribution is -0.383. The molecule has 7 nitrogen and oxygen atoms in total. The summed E-state index contributed by atoms with van der Waals surface area (Å²) in [6, 6.07) is 7.33. The first kappa shape index (κ1) is 17.8. The maximum atomic E-state index is 12.8.